The average Bonchev–Trinajstić information content (AvgIpc) is 2.35. The van der Waals surface area contributed by atoms with Gasteiger partial charge in [0.25, 0.3) is 0 Å². The van der Waals surface area contributed by atoms with E-state index >= 15 is 0 Å². The third-order valence-electron chi connectivity index (χ3n) is 2.61. The number of ether oxygens (including phenoxy) is 1. The Hall–Kier alpha value is -0.940. The van der Waals surface area contributed by atoms with Gasteiger partial charge in [0.15, 0.2) is 0 Å². The van der Waals surface area contributed by atoms with Crippen molar-refractivity contribution in [2.24, 2.45) is 0 Å². The zero-order valence-electron chi connectivity index (χ0n) is 9.12. The Labute approximate surface area is 102 Å². The number of hydrogen-bond donors (Lipinski definition) is 0. The van der Waals surface area contributed by atoms with Crippen LogP contribution in [0.2, 0.25) is 0 Å². The lowest BCUT2D eigenvalue weighted by Crippen LogP contribution is -2.17. The van der Waals surface area contributed by atoms with Crippen LogP contribution in [0.15, 0.2) is 17.0 Å². The minimum Gasteiger partial charge on any atom is -0.381 e. The van der Waals surface area contributed by atoms with E-state index in [-0.39, 0.29) is 15.7 Å². The summed E-state index contributed by atoms with van der Waals surface area (Å²) in [6, 6.07) is 2.13. The molecule has 1 saturated heterocycles. The van der Waals surface area contributed by atoms with Crippen molar-refractivity contribution in [3.63, 3.8) is 0 Å². The van der Waals surface area contributed by atoms with Gasteiger partial charge in [-0.1, -0.05) is 0 Å². The van der Waals surface area contributed by atoms with Crippen molar-refractivity contribution in [3.8, 4) is 0 Å². The predicted molar refractivity (Wildman–Crippen MR) is 61.4 cm³/mol. The summed E-state index contributed by atoms with van der Waals surface area (Å²) >= 11 is 1.19. The molecule has 0 atom stereocenters. The van der Waals surface area contributed by atoms with Crippen LogP contribution in [0, 0.1) is 11.6 Å². The van der Waals surface area contributed by atoms with Gasteiger partial charge in [-0.3, -0.25) is 4.79 Å². The Kier molecular flexibility index (Phi) is 4.12. The van der Waals surface area contributed by atoms with Gasteiger partial charge in [0.1, 0.15) is 17.9 Å². The number of rotatable bonds is 3. The van der Waals surface area contributed by atoms with Gasteiger partial charge < -0.3 is 4.74 Å². The number of carbonyl (C=O) groups excluding carboxylic acids is 1. The SMILES string of the molecule is O=Cc1cc(F)c(SC2CCOCC2)c(F)c1. The molecule has 1 aromatic rings. The van der Waals surface area contributed by atoms with Crippen LogP contribution in [0.1, 0.15) is 23.2 Å². The van der Waals surface area contributed by atoms with Gasteiger partial charge in [-0.05, 0) is 25.0 Å². The average molecular weight is 258 g/mol. The molecular formula is C12H12F2O2S. The number of benzene rings is 1. The molecule has 5 heteroatoms. The van der Waals surface area contributed by atoms with Crippen LogP contribution in [0.25, 0.3) is 0 Å². The number of carbonyl (C=O) groups is 1. The maximum atomic E-state index is 13.6. The van der Waals surface area contributed by atoms with Crippen molar-refractivity contribution in [1.29, 1.82) is 0 Å². The second-order valence-electron chi connectivity index (χ2n) is 3.86. The summed E-state index contributed by atoms with van der Waals surface area (Å²) in [4.78, 5) is 10.5. The van der Waals surface area contributed by atoms with Crippen molar-refractivity contribution < 1.29 is 18.3 Å². The molecule has 2 nitrogen and oxygen atoms in total. The molecule has 0 radical (unpaired) electrons. The topological polar surface area (TPSA) is 26.3 Å². The second-order valence-corrected chi connectivity index (χ2v) is 5.17. The monoisotopic (exact) mass is 258 g/mol. The van der Waals surface area contributed by atoms with Crippen molar-refractivity contribution in [2.75, 3.05) is 13.2 Å². The highest BCUT2D eigenvalue weighted by Crippen LogP contribution is 2.33. The van der Waals surface area contributed by atoms with E-state index in [2.05, 4.69) is 0 Å². The molecule has 1 aliphatic rings. The summed E-state index contributed by atoms with van der Waals surface area (Å²) in [5.41, 5.74) is 0.0244. The third kappa shape index (κ3) is 3.04. The Morgan fingerprint density at radius 3 is 2.35 bits per heavy atom. The molecule has 0 bridgehead atoms. The molecular weight excluding hydrogens is 246 g/mol. The van der Waals surface area contributed by atoms with Crippen LogP contribution >= 0.6 is 11.8 Å². The van der Waals surface area contributed by atoms with Crippen molar-refractivity contribution >= 4 is 18.0 Å². The minimum absolute atomic E-state index is 0.00231. The first kappa shape index (κ1) is 12.5. The highest BCUT2D eigenvalue weighted by atomic mass is 32.2. The standard InChI is InChI=1S/C12H12F2O2S/c13-10-5-8(7-15)6-11(14)12(10)17-9-1-3-16-4-2-9/h5-7,9H,1-4H2. The Morgan fingerprint density at radius 2 is 1.82 bits per heavy atom. The third-order valence-corrected chi connectivity index (χ3v) is 4.04. The van der Waals surface area contributed by atoms with E-state index in [0.717, 1.165) is 25.0 Å². The maximum absolute atomic E-state index is 13.6. The van der Waals surface area contributed by atoms with Gasteiger partial charge in [-0.2, -0.15) is 0 Å². The molecule has 1 fully saturated rings. The summed E-state index contributed by atoms with van der Waals surface area (Å²) in [7, 11) is 0. The summed E-state index contributed by atoms with van der Waals surface area (Å²) in [5, 5.41) is 0.176. The molecule has 2 rings (SSSR count). The quantitative estimate of drug-likeness (QED) is 0.779. The van der Waals surface area contributed by atoms with Crippen LogP contribution in [0.5, 0.6) is 0 Å². The summed E-state index contributed by atoms with van der Waals surface area (Å²) in [6.45, 7) is 1.26. The van der Waals surface area contributed by atoms with Crippen molar-refractivity contribution in [2.45, 2.75) is 23.0 Å². The zero-order chi connectivity index (χ0) is 12.3. The molecule has 0 amide bonds. The molecule has 1 aromatic carbocycles. The lowest BCUT2D eigenvalue weighted by molar-refractivity contribution is 0.1000. The molecule has 0 unspecified atom stereocenters. The van der Waals surface area contributed by atoms with Gasteiger partial charge in [-0.25, -0.2) is 8.78 Å². The van der Waals surface area contributed by atoms with E-state index in [9.17, 15) is 13.6 Å². The van der Waals surface area contributed by atoms with E-state index in [1.165, 1.54) is 11.8 Å². The van der Waals surface area contributed by atoms with E-state index in [0.29, 0.717) is 19.5 Å². The molecule has 17 heavy (non-hydrogen) atoms. The molecule has 1 heterocycles. The number of halogens is 2. The van der Waals surface area contributed by atoms with E-state index in [1.807, 2.05) is 0 Å². The molecule has 0 aromatic heterocycles. The highest BCUT2D eigenvalue weighted by molar-refractivity contribution is 8.00. The minimum atomic E-state index is -0.663. The Bertz CT molecular complexity index is 394. The fourth-order valence-electron chi connectivity index (χ4n) is 1.72. The first-order valence-electron chi connectivity index (χ1n) is 5.39. The van der Waals surface area contributed by atoms with Crippen LogP contribution in [-0.2, 0) is 4.74 Å². The van der Waals surface area contributed by atoms with Crippen molar-refractivity contribution in [3.05, 3.63) is 29.3 Å². The predicted octanol–water partition coefficient (Wildman–Crippen LogP) is 3.05. The summed E-state index contributed by atoms with van der Waals surface area (Å²) in [6.07, 6.45) is 2.02. The first-order valence-corrected chi connectivity index (χ1v) is 6.27. The lowest BCUT2D eigenvalue weighted by atomic mass is 10.2. The van der Waals surface area contributed by atoms with E-state index in [1.54, 1.807) is 0 Å². The highest BCUT2D eigenvalue weighted by Gasteiger charge is 2.20. The van der Waals surface area contributed by atoms with Crippen LogP contribution in [0.3, 0.4) is 0 Å². The molecule has 0 aliphatic carbocycles. The lowest BCUT2D eigenvalue weighted by Gasteiger charge is -2.21. The zero-order valence-corrected chi connectivity index (χ0v) is 9.93. The van der Waals surface area contributed by atoms with E-state index in [4.69, 9.17) is 4.74 Å². The number of hydrogen-bond acceptors (Lipinski definition) is 3. The van der Waals surface area contributed by atoms with Gasteiger partial charge in [0.05, 0.1) is 4.90 Å². The molecule has 0 saturated carbocycles. The molecule has 1 aliphatic heterocycles. The largest absolute Gasteiger partial charge is 0.381 e. The Morgan fingerprint density at radius 1 is 1.24 bits per heavy atom. The molecule has 0 N–H and O–H groups in total. The smallest absolute Gasteiger partial charge is 0.150 e. The molecule has 0 spiro atoms. The fraction of sp³-hybridized carbons (Fsp3) is 0.417. The van der Waals surface area contributed by atoms with Crippen molar-refractivity contribution in [1.82, 2.24) is 0 Å². The van der Waals surface area contributed by atoms with Gasteiger partial charge in [-0.15, -0.1) is 11.8 Å². The van der Waals surface area contributed by atoms with Gasteiger partial charge >= 0.3 is 0 Å². The number of aldehydes is 1. The fourth-order valence-corrected chi connectivity index (χ4v) is 2.83. The van der Waals surface area contributed by atoms with Gasteiger partial charge in [0.2, 0.25) is 0 Å². The second kappa shape index (κ2) is 5.60. The van der Waals surface area contributed by atoms with E-state index < -0.39 is 11.6 Å². The summed E-state index contributed by atoms with van der Waals surface area (Å²) < 4.78 is 32.4. The first-order chi connectivity index (χ1) is 8.20. The van der Waals surface area contributed by atoms with Crippen LogP contribution in [-0.4, -0.2) is 24.7 Å². The maximum Gasteiger partial charge on any atom is 0.150 e. The summed E-state index contributed by atoms with van der Waals surface area (Å²) in [5.74, 6) is -1.33. The van der Waals surface area contributed by atoms with Crippen LogP contribution in [0.4, 0.5) is 8.78 Å². The number of thioether (sulfide) groups is 1. The molecule has 92 valence electrons. The van der Waals surface area contributed by atoms with Crippen LogP contribution < -0.4 is 0 Å². The normalized spacial score (nSPS) is 17.1. The van der Waals surface area contributed by atoms with Gasteiger partial charge in [0, 0.05) is 24.0 Å². The Balaban J connectivity index is 2.17.